The van der Waals surface area contributed by atoms with Crippen molar-refractivity contribution in [3.05, 3.63) is 24.3 Å². The molecule has 1 saturated carbocycles. The number of ether oxygens (including phenoxy) is 1. The monoisotopic (exact) mass is 227 g/mol. The van der Waals surface area contributed by atoms with E-state index in [1.165, 1.54) is 24.3 Å². The summed E-state index contributed by atoms with van der Waals surface area (Å²) < 4.78 is 27.9. The lowest BCUT2D eigenvalue weighted by atomic mass is 10.3. The first-order valence-electron chi connectivity index (χ1n) is 5.01. The Labute approximate surface area is 91.4 Å². The molecule has 0 heterocycles. The van der Waals surface area contributed by atoms with Crippen LogP contribution < -0.4 is 10.1 Å². The minimum atomic E-state index is -2.83. The predicted octanol–water partition coefficient (Wildman–Crippen LogP) is 2.64. The highest BCUT2D eigenvalue weighted by Crippen LogP contribution is 2.30. The molecule has 0 aliphatic heterocycles. The number of amides is 1. The molecule has 0 aromatic heterocycles. The molecule has 1 aromatic rings. The van der Waals surface area contributed by atoms with Gasteiger partial charge >= 0.3 is 6.61 Å². The second-order valence-corrected chi connectivity index (χ2v) is 3.67. The first-order chi connectivity index (χ1) is 7.65. The zero-order chi connectivity index (χ0) is 11.5. The number of nitrogens with one attached hydrogen (secondary N) is 1. The van der Waals surface area contributed by atoms with E-state index in [0.29, 0.717) is 5.69 Å². The van der Waals surface area contributed by atoms with Crippen LogP contribution in [0.5, 0.6) is 5.75 Å². The number of carbonyl (C=O) groups is 1. The van der Waals surface area contributed by atoms with E-state index in [4.69, 9.17) is 0 Å². The number of hydrogen-bond donors (Lipinski definition) is 1. The summed E-state index contributed by atoms with van der Waals surface area (Å²) in [5, 5.41) is 2.70. The molecule has 0 radical (unpaired) electrons. The fourth-order valence-electron chi connectivity index (χ4n) is 1.31. The molecule has 1 N–H and O–H groups in total. The summed E-state index contributed by atoms with van der Waals surface area (Å²) in [6, 6.07) is 5.87. The Morgan fingerprint density at radius 2 is 1.94 bits per heavy atom. The summed E-state index contributed by atoms with van der Waals surface area (Å²) in [5.41, 5.74) is 0.596. The van der Waals surface area contributed by atoms with E-state index < -0.39 is 6.61 Å². The highest BCUT2D eigenvalue weighted by Gasteiger charge is 2.29. The lowest BCUT2D eigenvalue weighted by molar-refractivity contribution is -0.117. The quantitative estimate of drug-likeness (QED) is 0.858. The van der Waals surface area contributed by atoms with Gasteiger partial charge in [0, 0.05) is 11.6 Å². The van der Waals surface area contributed by atoms with Crippen LogP contribution in [0.3, 0.4) is 0 Å². The first kappa shape index (κ1) is 10.9. The first-order valence-corrected chi connectivity index (χ1v) is 5.01. The Balaban J connectivity index is 1.93. The van der Waals surface area contributed by atoms with E-state index in [1.807, 2.05) is 0 Å². The van der Waals surface area contributed by atoms with Gasteiger partial charge in [-0.15, -0.1) is 0 Å². The maximum absolute atomic E-state index is 11.9. The number of anilines is 1. The van der Waals surface area contributed by atoms with Crippen LogP contribution in [0.25, 0.3) is 0 Å². The summed E-state index contributed by atoms with van der Waals surface area (Å²) in [7, 11) is 0. The van der Waals surface area contributed by atoms with E-state index in [-0.39, 0.29) is 17.6 Å². The van der Waals surface area contributed by atoms with Gasteiger partial charge in [-0.1, -0.05) is 0 Å². The molecule has 2 rings (SSSR count). The van der Waals surface area contributed by atoms with Crippen molar-refractivity contribution in [3.63, 3.8) is 0 Å². The minimum Gasteiger partial charge on any atom is -0.435 e. The maximum atomic E-state index is 11.9. The lowest BCUT2D eigenvalue weighted by Crippen LogP contribution is -2.13. The van der Waals surface area contributed by atoms with Crippen LogP contribution in [-0.2, 0) is 4.79 Å². The molecular formula is C11H11F2NO2. The van der Waals surface area contributed by atoms with Crippen molar-refractivity contribution in [3.8, 4) is 5.75 Å². The van der Waals surface area contributed by atoms with Gasteiger partial charge in [0.15, 0.2) is 0 Å². The normalized spacial score (nSPS) is 14.9. The molecule has 16 heavy (non-hydrogen) atoms. The molecule has 0 bridgehead atoms. The molecule has 0 saturated heterocycles. The molecular weight excluding hydrogens is 216 g/mol. The number of alkyl halides is 2. The minimum absolute atomic E-state index is 0.0115. The molecule has 1 aromatic carbocycles. The molecule has 1 aliphatic rings. The van der Waals surface area contributed by atoms with E-state index in [1.54, 1.807) is 0 Å². The molecule has 0 atom stereocenters. The third kappa shape index (κ3) is 2.92. The van der Waals surface area contributed by atoms with Gasteiger partial charge in [0.1, 0.15) is 5.75 Å². The topological polar surface area (TPSA) is 38.3 Å². The van der Waals surface area contributed by atoms with Gasteiger partial charge in [0.25, 0.3) is 0 Å². The number of carbonyl (C=O) groups excluding carboxylic acids is 1. The van der Waals surface area contributed by atoms with Gasteiger partial charge in [0.2, 0.25) is 5.91 Å². The van der Waals surface area contributed by atoms with Crippen molar-refractivity contribution in [2.45, 2.75) is 19.5 Å². The maximum Gasteiger partial charge on any atom is 0.387 e. The van der Waals surface area contributed by atoms with Gasteiger partial charge in [-0.2, -0.15) is 8.78 Å². The van der Waals surface area contributed by atoms with Gasteiger partial charge in [-0.25, -0.2) is 0 Å². The summed E-state index contributed by atoms with van der Waals surface area (Å²) in [6.07, 6.45) is 1.86. The van der Waals surface area contributed by atoms with Crippen molar-refractivity contribution < 1.29 is 18.3 Å². The highest BCUT2D eigenvalue weighted by atomic mass is 19.3. The smallest absolute Gasteiger partial charge is 0.387 e. The van der Waals surface area contributed by atoms with E-state index in [0.717, 1.165) is 12.8 Å². The molecule has 0 unspecified atom stereocenters. The molecule has 1 aliphatic carbocycles. The molecule has 0 spiro atoms. The largest absolute Gasteiger partial charge is 0.435 e. The molecule has 86 valence electrons. The van der Waals surface area contributed by atoms with Crippen LogP contribution in [0.2, 0.25) is 0 Å². The average molecular weight is 227 g/mol. The summed E-state index contributed by atoms with van der Waals surface area (Å²) in [5.74, 6) is 0.193. The zero-order valence-electron chi connectivity index (χ0n) is 8.45. The number of halogens is 2. The van der Waals surface area contributed by atoms with E-state index in [2.05, 4.69) is 10.1 Å². The van der Waals surface area contributed by atoms with E-state index in [9.17, 15) is 13.6 Å². The van der Waals surface area contributed by atoms with Gasteiger partial charge in [0.05, 0.1) is 0 Å². The Morgan fingerprint density at radius 3 is 2.44 bits per heavy atom. The van der Waals surface area contributed by atoms with Gasteiger partial charge in [-0.05, 0) is 37.1 Å². The lowest BCUT2D eigenvalue weighted by Gasteiger charge is -2.06. The summed E-state index contributed by atoms with van der Waals surface area (Å²) in [4.78, 5) is 11.4. The molecule has 3 nitrogen and oxygen atoms in total. The van der Waals surface area contributed by atoms with Crippen molar-refractivity contribution in [2.75, 3.05) is 5.32 Å². The van der Waals surface area contributed by atoms with E-state index >= 15 is 0 Å². The summed E-state index contributed by atoms with van der Waals surface area (Å²) in [6.45, 7) is -2.83. The zero-order valence-corrected chi connectivity index (χ0v) is 8.45. The number of rotatable bonds is 4. The Hall–Kier alpha value is -1.65. The van der Waals surface area contributed by atoms with Crippen LogP contribution in [0, 0.1) is 5.92 Å². The molecule has 5 heteroatoms. The molecule has 1 fully saturated rings. The standard InChI is InChI=1S/C11H11F2NO2/c12-11(13)16-9-5-3-8(4-6-9)14-10(15)7-1-2-7/h3-7,11H,1-2H2,(H,14,15). The van der Waals surface area contributed by atoms with Crippen molar-refractivity contribution in [1.29, 1.82) is 0 Å². The molecule has 1 amide bonds. The number of benzene rings is 1. The fourth-order valence-corrected chi connectivity index (χ4v) is 1.31. The van der Waals surface area contributed by atoms with Crippen molar-refractivity contribution >= 4 is 11.6 Å². The number of hydrogen-bond acceptors (Lipinski definition) is 2. The predicted molar refractivity (Wildman–Crippen MR) is 54.4 cm³/mol. The van der Waals surface area contributed by atoms with Crippen LogP contribution in [-0.4, -0.2) is 12.5 Å². The Bertz CT molecular complexity index is 374. The van der Waals surface area contributed by atoms with Crippen molar-refractivity contribution in [2.24, 2.45) is 5.92 Å². The van der Waals surface area contributed by atoms with Crippen LogP contribution in [0.4, 0.5) is 14.5 Å². The average Bonchev–Trinajstić information content (AvgIpc) is 3.03. The second kappa shape index (κ2) is 4.47. The van der Waals surface area contributed by atoms with Crippen LogP contribution in [0.15, 0.2) is 24.3 Å². The summed E-state index contributed by atoms with van der Waals surface area (Å²) >= 11 is 0. The third-order valence-corrected chi connectivity index (χ3v) is 2.30. The Morgan fingerprint density at radius 1 is 1.31 bits per heavy atom. The third-order valence-electron chi connectivity index (χ3n) is 2.30. The SMILES string of the molecule is O=C(Nc1ccc(OC(F)F)cc1)C1CC1. The van der Waals surface area contributed by atoms with Crippen LogP contribution in [0.1, 0.15) is 12.8 Å². The Kier molecular flexibility index (Phi) is 3.03. The van der Waals surface area contributed by atoms with Gasteiger partial charge < -0.3 is 10.1 Å². The highest BCUT2D eigenvalue weighted by molar-refractivity contribution is 5.94. The van der Waals surface area contributed by atoms with Gasteiger partial charge in [-0.3, -0.25) is 4.79 Å². The second-order valence-electron chi connectivity index (χ2n) is 3.67. The fraction of sp³-hybridized carbons (Fsp3) is 0.364. The van der Waals surface area contributed by atoms with Crippen LogP contribution >= 0.6 is 0 Å². The van der Waals surface area contributed by atoms with Crippen molar-refractivity contribution in [1.82, 2.24) is 0 Å².